The minimum Gasteiger partial charge on any atom is -0.465 e. The lowest BCUT2D eigenvalue weighted by Gasteiger charge is -2.27. The molecule has 1 aliphatic carbocycles. The minimum atomic E-state index is -4.02. The second-order valence-electron chi connectivity index (χ2n) is 6.66. The highest BCUT2D eigenvalue weighted by molar-refractivity contribution is 7.85. The zero-order valence-electron chi connectivity index (χ0n) is 14.7. The highest BCUT2D eigenvalue weighted by Crippen LogP contribution is 2.26. The van der Waals surface area contributed by atoms with Crippen LogP contribution in [0.2, 0.25) is 0 Å². The van der Waals surface area contributed by atoms with Crippen LogP contribution in [0.4, 0.5) is 4.79 Å². The van der Waals surface area contributed by atoms with Crippen molar-refractivity contribution in [2.24, 2.45) is 11.7 Å². The summed E-state index contributed by atoms with van der Waals surface area (Å²) in [7, 11) is -4.02. The van der Waals surface area contributed by atoms with Crippen molar-refractivity contribution in [2.75, 3.05) is 0 Å². The SMILES string of the molecule is CC(C[C@H]1CC[C@H](N)CC1)NC(=O)O.Cc1ccc(S(=O)(=O)O)cc1. The molecule has 2 rings (SSSR count). The lowest BCUT2D eigenvalue weighted by atomic mass is 9.83. The first-order valence-electron chi connectivity index (χ1n) is 8.37. The average Bonchev–Trinajstić information content (AvgIpc) is 2.49. The molecular weight excluding hydrogens is 344 g/mol. The first kappa shape index (κ1) is 21.4. The molecule has 1 unspecified atom stereocenters. The second kappa shape index (κ2) is 9.74. The van der Waals surface area contributed by atoms with E-state index in [2.05, 4.69) is 5.32 Å². The van der Waals surface area contributed by atoms with Crippen LogP contribution < -0.4 is 11.1 Å². The molecule has 0 aliphatic heterocycles. The van der Waals surface area contributed by atoms with Crippen LogP contribution in [-0.2, 0) is 10.1 Å². The molecule has 1 aliphatic rings. The van der Waals surface area contributed by atoms with Gasteiger partial charge in [0.05, 0.1) is 4.90 Å². The molecule has 0 heterocycles. The third kappa shape index (κ3) is 8.85. The van der Waals surface area contributed by atoms with Gasteiger partial charge in [-0.3, -0.25) is 4.55 Å². The van der Waals surface area contributed by atoms with Gasteiger partial charge in [0.25, 0.3) is 10.1 Å². The molecule has 142 valence electrons. The molecule has 0 saturated heterocycles. The summed E-state index contributed by atoms with van der Waals surface area (Å²) in [5.74, 6) is 0.650. The Bertz CT molecular complexity index is 638. The van der Waals surface area contributed by atoms with Gasteiger partial charge in [0.1, 0.15) is 0 Å². The Balaban J connectivity index is 0.000000257. The molecule has 1 aromatic carbocycles. The van der Waals surface area contributed by atoms with Crippen LogP contribution in [0.15, 0.2) is 29.2 Å². The van der Waals surface area contributed by atoms with Gasteiger partial charge in [-0.15, -0.1) is 0 Å². The average molecular weight is 372 g/mol. The molecule has 5 N–H and O–H groups in total. The first-order valence-corrected chi connectivity index (χ1v) is 9.81. The van der Waals surface area contributed by atoms with Crippen molar-refractivity contribution in [2.45, 2.75) is 62.9 Å². The van der Waals surface area contributed by atoms with Gasteiger partial charge < -0.3 is 16.2 Å². The van der Waals surface area contributed by atoms with Crippen molar-refractivity contribution in [3.05, 3.63) is 29.8 Å². The van der Waals surface area contributed by atoms with Crippen molar-refractivity contribution in [3.8, 4) is 0 Å². The highest BCUT2D eigenvalue weighted by Gasteiger charge is 2.20. The Hall–Kier alpha value is -1.64. The number of hydrogen-bond donors (Lipinski definition) is 4. The van der Waals surface area contributed by atoms with Crippen LogP contribution in [0.5, 0.6) is 0 Å². The van der Waals surface area contributed by atoms with Gasteiger partial charge in [-0.2, -0.15) is 8.42 Å². The summed E-state index contributed by atoms with van der Waals surface area (Å²) in [6.07, 6.45) is 4.48. The molecule has 0 spiro atoms. The zero-order valence-corrected chi connectivity index (χ0v) is 15.5. The zero-order chi connectivity index (χ0) is 19.0. The van der Waals surface area contributed by atoms with E-state index in [-0.39, 0.29) is 10.9 Å². The summed E-state index contributed by atoms with van der Waals surface area (Å²) in [5, 5.41) is 11.0. The molecule has 1 aromatic rings. The smallest absolute Gasteiger partial charge is 0.404 e. The van der Waals surface area contributed by atoms with Gasteiger partial charge >= 0.3 is 6.09 Å². The van der Waals surface area contributed by atoms with E-state index in [0.717, 1.165) is 37.7 Å². The molecule has 0 aromatic heterocycles. The number of amides is 1. The van der Waals surface area contributed by atoms with Crippen LogP contribution >= 0.6 is 0 Å². The van der Waals surface area contributed by atoms with Gasteiger partial charge in [0, 0.05) is 12.1 Å². The van der Waals surface area contributed by atoms with E-state index in [9.17, 15) is 13.2 Å². The molecular formula is C17H28N2O5S. The third-order valence-electron chi connectivity index (χ3n) is 4.27. The largest absolute Gasteiger partial charge is 0.465 e. The molecule has 25 heavy (non-hydrogen) atoms. The number of hydrogen-bond acceptors (Lipinski definition) is 4. The van der Waals surface area contributed by atoms with Gasteiger partial charge in [0.2, 0.25) is 0 Å². The van der Waals surface area contributed by atoms with Crippen LogP contribution in [-0.4, -0.2) is 36.3 Å². The van der Waals surface area contributed by atoms with Crippen molar-refractivity contribution >= 4 is 16.2 Å². The Labute approximate surface area is 149 Å². The van der Waals surface area contributed by atoms with E-state index in [1.807, 2.05) is 13.8 Å². The summed E-state index contributed by atoms with van der Waals surface area (Å²) in [6, 6.07) is 6.42. The van der Waals surface area contributed by atoms with Gasteiger partial charge in [-0.05, 0) is 64.0 Å². The van der Waals surface area contributed by atoms with Crippen LogP contribution in [0.1, 0.15) is 44.6 Å². The van der Waals surface area contributed by atoms with Gasteiger partial charge in [-0.25, -0.2) is 4.79 Å². The lowest BCUT2D eigenvalue weighted by molar-refractivity contribution is 0.186. The fourth-order valence-electron chi connectivity index (χ4n) is 2.90. The number of carbonyl (C=O) groups is 1. The monoisotopic (exact) mass is 372 g/mol. The third-order valence-corrected chi connectivity index (χ3v) is 5.13. The van der Waals surface area contributed by atoms with Crippen molar-refractivity contribution in [1.29, 1.82) is 0 Å². The molecule has 1 atom stereocenters. The number of rotatable bonds is 4. The fraction of sp³-hybridized carbons (Fsp3) is 0.588. The summed E-state index contributed by atoms with van der Waals surface area (Å²) in [6.45, 7) is 3.76. The summed E-state index contributed by atoms with van der Waals surface area (Å²) >= 11 is 0. The topological polar surface area (TPSA) is 130 Å². The standard InChI is InChI=1S/C10H20N2O2.C7H8O3S/c1-7(12-10(13)14)6-8-2-4-9(11)5-3-8;1-6-2-4-7(5-3-6)11(8,9)10/h7-9,12H,2-6,11H2,1H3,(H,13,14);2-5H,1H3,(H,8,9,10)/t7?,8-,9-;. The van der Waals surface area contributed by atoms with E-state index in [1.165, 1.54) is 12.1 Å². The Morgan fingerprint density at radius 2 is 1.76 bits per heavy atom. The first-order chi connectivity index (χ1) is 11.6. The van der Waals surface area contributed by atoms with Crippen molar-refractivity contribution in [3.63, 3.8) is 0 Å². The summed E-state index contributed by atoms with van der Waals surface area (Å²) in [5.41, 5.74) is 6.75. The predicted octanol–water partition coefficient (Wildman–Crippen LogP) is 2.79. The molecule has 1 saturated carbocycles. The van der Waals surface area contributed by atoms with E-state index in [4.69, 9.17) is 15.4 Å². The minimum absolute atomic E-state index is 0.0619. The van der Waals surface area contributed by atoms with E-state index in [0.29, 0.717) is 12.0 Å². The van der Waals surface area contributed by atoms with E-state index < -0.39 is 16.2 Å². The number of nitrogens with two attached hydrogens (primary N) is 1. The van der Waals surface area contributed by atoms with Crippen molar-refractivity contribution in [1.82, 2.24) is 5.32 Å². The molecule has 0 radical (unpaired) electrons. The quantitative estimate of drug-likeness (QED) is 0.601. The Morgan fingerprint density at radius 3 is 2.20 bits per heavy atom. The van der Waals surface area contributed by atoms with E-state index in [1.54, 1.807) is 12.1 Å². The van der Waals surface area contributed by atoms with Crippen LogP contribution in [0, 0.1) is 12.8 Å². The summed E-state index contributed by atoms with van der Waals surface area (Å²) < 4.78 is 29.6. The van der Waals surface area contributed by atoms with Crippen LogP contribution in [0.3, 0.4) is 0 Å². The lowest BCUT2D eigenvalue weighted by Crippen LogP contribution is -2.34. The van der Waals surface area contributed by atoms with Crippen molar-refractivity contribution < 1.29 is 22.9 Å². The Morgan fingerprint density at radius 1 is 1.24 bits per heavy atom. The maximum atomic E-state index is 10.5. The molecule has 1 fully saturated rings. The maximum absolute atomic E-state index is 10.5. The molecule has 0 bridgehead atoms. The van der Waals surface area contributed by atoms with Gasteiger partial charge in [0.15, 0.2) is 0 Å². The number of carboxylic acid groups (broad SMARTS) is 1. The second-order valence-corrected chi connectivity index (χ2v) is 8.08. The molecule has 1 amide bonds. The highest BCUT2D eigenvalue weighted by atomic mass is 32.2. The number of aryl methyl sites for hydroxylation is 1. The van der Waals surface area contributed by atoms with Gasteiger partial charge in [-0.1, -0.05) is 17.7 Å². The summed E-state index contributed by atoms with van der Waals surface area (Å²) in [4.78, 5) is 10.3. The van der Waals surface area contributed by atoms with Crippen LogP contribution in [0.25, 0.3) is 0 Å². The Kier molecular flexibility index (Phi) is 8.34. The maximum Gasteiger partial charge on any atom is 0.404 e. The van der Waals surface area contributed by atoms with E-state index >= 15 is 0 Å². The number of benzene rings is 1. The fourth-order valence-corrected chi connectivity index (χ4v) is 3.38. The normalized spacial score (nSPS) is 21.6. The molecule has 7 nitrogen and oxygen atoms in total. The predicted molar refractivity (Wildman–Crippen MR) is 96.2 cm³/mol. The molecule has 8 heteroatoms. The number of nitrogens with one attached hydrogen (secondary N) is 1.